The van der Waals surface area contributed by atoms with Crippen molar-refractivity contribution in [2.75, 3.05) is 13.2 Å². The van der Waals surface area contributed by atoms with E-state index in [9.17, 15) is 10.0 Å². The van der Waals surface area contributed by atoms with Crippen molar-refractivity contribution in [1.82, 2.24) is 5.06 Å². The second-order valence-electron chi connectivity index (χ2n) is 2.93. The van der Waals surface area contributed by atoms with Gasteiger partial charge in [-0.25, -0.2) is 0 Å². The van der Waals surface area contributed by atoms with Crippen molar-refractivity contribution in [1.29, 1.82) is 0 Å². The monoisotopic (exact) mass is 158 g/mol. The molecule has 0 aromatic rings. The second-order valence-corrected chi connectivity index (χ2v) is 2.93. The molecule has 0 aromatic carbocycles. The Balaban J connectivity index is 2.41. The number of aliphatic hydroxyl groups is 1. The van der Waals surface area contributed by atoms with Crippen LogP contribution in [0.4, 0.5) is 0 Å². The fourth-order valence-electron chi connectivity index (χ4n) is 1.49. The van der Waals surface area contributed by atoms with Gasteiger partial charge in [-0.05, 0) is 25.8 Å². The Bertz CT molecular complexity index is 158. The van der Waals surface area contributed by atoms with E-state index in [1.807, 2.05) is 0 Å². The van der Waals surface area contributed by atoms with Crippen LogP contribution >= 0.6 is 0 Å². The number of hydrogen-bond donors (Lipinski definition) is 1. The third-order valence-corrected chi connectivity index (χ3v) is 2.09. The molecule has 0 radical (unpaired) electrons. The fourth-order valence-corrected chi connectivity index (χ4v) is 1.49. The molecular weight excluding hydrogens is 146 g/mol. The number of hydroxylamine groups is 2. The molecule has 1 aliphatic heterocycles. The van der Waals surface area contributed by atoms with Crippen LogP contribution < -0.4 is 0 Å². The summed E-state index contributed by atoms with van der Waals surface area (Å²) in [6.07, 6.45) is 0.559. The summed E-state index contributed by atoms with van der Waals surface area (Å²) >= 11 is 0. The molecule has 0 saturated carbocycles. The lowest BCUT2D eigenvalue weighted by atomic mass is 9.86. The minimum atomic E-state index is -0.484. The average molecular weight is 158 g/mol. The summed E-state index contributed by atoms with van der Waals surface area (Å²) in [6, 6.07) is -0.484. The number of aliphatic hydroxyl groups excluding tert-OH is 1. The van der Waals surface area contributed by atoms with Crippen LogP contribution in [0.15, 0.2) is 0 Å². The zero-order chi connectivity index (χ0) is 8.43. The molecule has 2 unspecified atom stereocenters. The van der Waals surface area contributed by atoms with Crippen LogP contribution in [0, 0.1) is 11.1 Å². The molecule has 1 aliphatic rings. The van der Waals surface area contributed by atoms with Gasteiger partial charge in [0.05, 0.1) is 6.04 Å². The topological polar surface area (TPSA) is 63.6 Å². The van der Waals surface area contributed by atoms with Gasteiger partial charge in [-0.1, -0.05) is 0 Å². The summed E-state index contributed by atoms with van der Waals surface area (Å²) in [5.41, 5.74) is 0. The van der Waals surface area contributed by atoms with Crippen LogP contribution in [0.5, 0.6) is 0 Å². The summed E-state index contributed by atoms with van der Waals surface area (Å²) in [5.74, 6) is -0.0142. The maximum Gasteiger partial charge on any atom is 0.146 e. The normalized spacial score (nSPS) is 31.5. The summed E-state index contributed by atoms with van der Waals surface area (Å²) < 4.78 is 0. The van der Waals surface area contributed by atoms with Gasteiger partial charge in [0.25, 0.3) is 0 Å². The highest BCUT2D eigenvalue weighted by molar-refractivity contribution is 5.82. The molecule has 1 N–H and O–H groups in total. The van der Waals surface area contributed by atoms with Crippen LogP contribution in [0.25, 0.3) is 0 Å². The van der Waals surface area contributed by atoms with Crippen molar-refractivity contribution in [3.8, 4) is 0 Å². The average Bonchev–Trinajstić information content (AvgIpc) is 1.85. The van der Waals surface area contributed by atoms with E-state index in [1.54, 1.807) is 0 Å². The van der Waals surface area contributed by atoms with Gasteiger partial charge in [0.15, 0.2) is 0 Å². The highest BCUT2D eigenvalue weighted by Gasteiger charge is 2.35. The molecule has 1 rings (SSSR count). The number of nitrogens with zero attached hydrogens (tertiary/aromatic N) is 1. The van der Waals surface area contributed by atoms with Crippen molar-refractivity contribution in [2.24, 2.45) is 5.92 Å². The van der Waals surface area contributed by atoms with Crippen LogP contribution in [0.1, 0.15) is 13.3 Å². The van der Waals surface area contributed by atoms with E-state index in [2.05, 4.69) is 0 Å². The standard InChI is InChI=1S/C7H12NO3/c1-5(10)7-6(2-3-9)4-8(7)11/h6-7,9H,2-4H2,1H3/q-1. The molecule has 4 nitrogen and oxygen atoms in total. The number of hydrogen-bond acceptors (Lipinski definition) is 4. The summed E-state index contributed by atoms with van der Waals surface area (Å²) in [4.78, 5) is 10.8. The van der Waals surface area contributed by atoms with Crippen LogP contribution in [0.2, 0.25) is 0 Å². The maximum atomic E-state index is 10.8. The number of rotatable bonds is 3. The van der Waals surface area contributed by atoms with Gasteiger partial charge < -0.3 is 15.4 Å². The quantitative estimate of drug-likeness (QED) is 0.615. The van der Waals surface area contributed by atoms with Gasteiger partial charge in [-0.2, -0.15) is 0 Å². The Kier molecular flexibility index (Phi) is 2.59. The van der Waals surface area contributed by atoms with Gasteiger partial charge in [-0.3, -0.25) is 4.79 Å². The van der Waals surface area contributed by atoms with Crippen LogP contribution in [-0.2, 0) is 4.79 Å². The summed E-state index contributed by atoms with van der Waals surface area (Å²) in [6.45, 7) is 1.87. The van der Waals surface area contributed by atoms with Gasteiger partial charge in [0.1, 0.15) is 5.78 Å². The SMILES string of the molecule is CC(=O)C1C(CCO)CN1[O-]. The Morgan fingerprint density at radius 2 is 2.45 bits per heavy atom. The van der Waals surface area contributed by atoms with Crippen molar-refractivity contribution in [2.45, 2.75) is 19.4 Å². The van der Waals surface area contributed by atoms with Gasteiger partial charge in [0.2, 0.25) is 0 Å². The highest BCUT2D eigenvalue weighted by Crippen LogP contribution is 2.26. The lowest BCUT2D eigenvalue weighted by Crippen LogP contribution is -2.56. The lowest BCUT2D eigenvalue weighted by molar-refractivity contribution is -0.128. The predicted octanol–water partition coefficient (Wildman–Crippen LogP) is -0.244. The fraction of sp³-hybridized carbons (Fsp3) is 0.857. The van der Waals surface area contributed by atoms with Crippen LogP contribution in [-0.4, -0.2) is 35.1 Å². The predicted molar refractivity (Wildman–Crippen MR) is 39.7 cm³/mol. The van der Waals surface area contributed by atoms with Crippen molar-refractivity contribution >= 4 is 5.78 Å². The number of carbonyl (C=O) groups is 1. The van der Waals surface area contributed by atoms with Crippen LogP contribution in [0.3, 0.4) is 0 Å². The lowest BCUT2D eigenvalue weighted by Gasteiger charge is -2.51. The molecule has 2 atom stereocenters. The Morgan fingerprint density at radius 1 is 1.82 bits per heavy atom. The second kappa shape index (κ2) is 3.30. The molecule has 0 amide bonds. The van der Waals surface area contributed by atoms with E-state index in [4.69, 9.17) is 5.11 Å². The minimum Gasteiger partial charge on any atom is -0.785 e. The van der Waals surface area contributed by atoms with Gasteiger partial charge in [-0.15, -0.1) is 0 Å². The number of carbonyl (C=O) groups excluding carboxylic acids is 1. The summed E-state index contributed by atoms with van der Waals surface area (Å²) in [5, 5.41) is 20.1. The summed E-state index contributed by atoms with van der Waals surface area (Å²) in [7, 11) is 0. The van der Waals surface area contributed by atoms with E-state index in [0.717, 1.165) is 5.06 Å². The molecule has 0 bridgehead atoms. The van der Waals surface area contributed by atoms with Crippen molar-refractivity contribution in [3.63, 3.8) is 0 Å². The number of Topliss-reactive ketones (excluding diaryl/α,β-unsaturated/α-hetero) is 1. The van der Waals surface area contributed by atoms with E-state index in [-0.39, 0.29) is 18.3 Å². The minimum absolute atomic E-state index is 0.0578. The molecule has 0 aliphatic carbocycles. The highest BCUT2D eigenvalue weighted by atomic mass is 16.5. The zero-order valence-corrected chi connectivity index (χ0v) is 6.49. The molecule has 0 spiro atoms. The van der Waals surface area contributed by atoms with E-state index in [1.165, 1.54) is 6.92 Å². The Hall–Kier alpha value is -0.450. The van der Waals surface area contributed by atoms with E-state index >= 15 is 0 Å². The molecule has 11 heavy (non-hydrogen) atoms. The molecule has 1 fully saturated rings. The van der Waals surface area contributed by atoms with Gasteiger partial charge in [0, 0.05) is 6.61 Å². The first-order chi connectivity index (χ1) is 5.16. The van der Waals surface area contributed by atoms with Gasteiger partial charge >= 0.3 is 0 Å². The molecule has 64 valence electrons. The first-order valence-electron chi connectivity index (χ1n) is 3.72. The third-order valence-electron chi connectivity index (χ3n) is 2.09. The molecular formula is C7H12NO3-. The smallest absolute Gasteiger partial charge is 0.146 e. The molecule has 1 heterocycles. The van der Waals surface area contributed by atoms with Crippen molar-refractivity contribution in [3.05, 3.63) is 5.21 Å². The first-order valence-corrected chi connectivity index (χ1v) is 3.72. The van der Waals surface area contributed by atoms with Crippen molar-refractivity contribution < 1.29 is 9.90 Å². The maximum absolute atomic E-state index is 10.8. The zero-order valence-electron chi connectivity index (χ0n) is 6.49. The Labute approximate surface area is 65.4 Å². The Morgan fingerprint density at radius 3 is 2.82 bits per heavy atom. The molecule has 0 aromatic heterocycles. The molecule has 1 saturated heterocycles. The third kappa shape index (κ3) is 1.58. The first kappa shape index (κ1) is 8.64. The van der Waals surface area contributed by atoms with E-state index in [0.29, 0.717) is 13.0 Å². The van der Waals surface area contributed by atoms with E-state index < -0.39 is 6.04 Å². The largest absolute Gasteiger partial charge is 0.785 e. The number of ketones is 1. The molecule has 4 heteroatoms.